The van der Waals surface area contributed by atoms with Crippen LogP contribution in [0.25, 0.3) is 11.4 Å². The molecule has 33 heavy (non-hydrogen) atoms. The van der Waals surface area contributed by atoms with E-state index in [9.17, 15) is 18.0 Å². The number of hydrogen-bond donors (Lipinski definition) is 1. The van der Waals surface area contributed by atoms with Crippen molar-refractivity contribution < 1.29 is 22.5 Å². The molecule has 1 saturated heterocycles. The Bertz CT molecular complexity index is 1090. The Morgan fingerprint density at radius 3 is 2.52 bits per heavy atom. The molecule has 0 atom stereocenters. The summed E-state index contributed by atoms with van der Waals surface area (Å²) in [5.41, 5.74) is 0.710. The van der Waals surface area contributed by atoms with Gasteiger partial charge in [0.15, 0.2) is 0 Å². The molecule has 1 aliphatic heterocycles. The van der Waals surface area contributed by atoms with Gasteiger partial charge < -0.3 is 19.6 Å². The van der Waals surface area contributed by atoms with E-state index in [0.29, 0.717) is 24.6 Å². The average Bonchev–Trinajstić information content (AvgIpc) is 3.28. The summed E-state index contributed by atoms with van der Waals surface area (Å²) in [5, 5.41) is 6.57. The first kappa shape index (κ1) is 22.8. The zero-order valence-electron chi connectivity index (χ0n) is 18.1. The Hall–Kier alpha value is -3.40. The molecule has 2 heterocycles. The van der Waals surface area contributed by atoms with Gasteiger partial charge >= 0.3 is 6.18 Å². The third-order valence-electron chi connectivity index (χ3n) is 5.51. The van der Waals surface area contributed by atoms with Gasteiger partial charge in [0.25, 0.3) is 0 Å². The van der Waals surface area contributed by atoms with Crippen molar-refractivity contribution in [1.29, 1.82) is 0 Å². The normalized spacial score (nSPS) is 15.0. The summed E-state index contributed by atoms with van der Waals surface area (Å²) in [5.74, 6) is 0.276. The number of rotatable bonds is 6. The molecule has 0 unspecified atom stereocenters. The fraction of sp³-hybridized carbons (Fsp3) is 0.348. The van der Waals surface area contributed by atoms with Gasteiger partial charge in [-0.05, 0) is 25.2 Å². The minimum atomic E-state index is -4.50. The van der Waals surface area contributed by atoms with E-state index in [-0.39, 0.29) is 24.4 Å². The number of piperazine rings is 1. The van der Waals surface area contributed by atoms with E-state index in [1.165, 1.54) is 6.07 Å². The molecule has 1 amide bonds. The van der Waals surface area contributed by atoms with E-state index >= 15 is 0 Å². The van der Waals surface area contributed by atoms with Gasteiger partial charge in [-0.3, -0.25) is 4.79 Å². The van der Waals surface area contributed by atoms with Crippen molar-refractivity contribution in [3.05, 3.63) is 60.0 Å². The highest BCUT2D eigenvalue weighted by Crippen LogP contribution is 2.36. The van der Waals surface area contributed by atoms with E-state index in [1.807, 2.05) is 42.3 Å². The predicted molar refractivity (Wildman–Crippen MR) is 118 cm³/mol. The van der Waals surface area contributed by atoms with Crippen LogP contribution < -0.4 is 10.2 Å². The van der Waals surface area contributed by atoms with Gasteiger partial charge in [-0.2, -0.15) is 18.2 Å². The summed E-state index contributed by atoms with van der Waals surface area (Å²) in [7, 11) is 1.99. The van der Waals surface area contributed by atoms with Crippen LogP contribution in [-0.2, 0) is 17.4 Å². The second-order valence-electron chi connectivity index (χ2n) is 7.95. The van der Waals surface area contributed by atoms with E-state index in [0.717, 1.165) is 30.8 Å². The molecule has 7 nitrogen and oxygen atoms in total. The highest BCUT2D eigenvalue weighted by Gasteiger charge is 2.32. The predicted octanol–water partition coefficient (Wildman–Crippen LogP) is 4.08. The summed E-state index contributed by atoms with van der Waals surface area (Å²) < 4.78 is 45.1. The molecule has 3 aromatic rings. The molecular formula is C23H24F3N5O2. The SMILES string of the molecule is CN1CCN(c2ccc(C(F)(F)F)cc2NC(=O)CCc2nc(-c3ccccc3)no2)CC1. The molecule has 1 aliphatic rings. The molecule has 1 fully saturated rings. The first-order valence-corrected chi connectivity index (χ1v) is 10.6. The number of likely N-dealkylation sites (N-methyl/N-ethyl adjacent to an activating group) is 1. The lowest BCUT2D eigenvalue weighted by Gasteiger charge is -2.35. The summed E-state index contributed by atoms with van der Waals surface area (Å²) >= 11 is 0. The highest BCUT2D eigenvalue weighted by atomic mass is 19.4. The quantitative estimate of drug-likeness (QED) is 0.599. The van der Waals surface area contributed by atoms with Crippen LogP contribution in [0.4, 0.5) is 24.5 Å². The number of nitrogens with zero attached hydrogens (tertiary/aromatic N) is 4. The number of halogens is 3. The molecule has 1 N–H and O–H groups in total. The Kier molecular flexibility index (Phi) is 6.64. The van der Waals surface area contributed by atoms with Crippen molar-refractivity contribution in [2.24, 2.45) is 0 Å². The lowest BCUT2D eigenvalue weighted by Crippen LogP contribution is -2.44. The van der Waals surface area contributed by atoms with Crippen LogP contribution in [0.5, 0.6) is 0 Å². The first-order valence-electron chi connectivity index (χ1n) is 10.6. The number of benzene rings is 2. The largest absolute Gasteiger partial charge is 0.416 e. The Balaban J connectivity index is 1.45. The average molecular weight is 459 g/mol. The molecule has 174 valence electrons. The minimum Gasteiger partial charge on any atom is -0.367 e. The number of anilines is 2. The Labute approximate surface area is 189 Å². The zero-order valence-corrected chi connectivity index (χ0v) is 18.1. The highest BCUT2D eigenvalue weighted by molar-refractivity contribution is 5.94. The van der Waals surface area contributed by atoms with Gasteiger partial charge in [-0.15, -0.1) is 0 Å². The van der Waals surface area contributed by atoms with Gasteiger partial charge in [0.1, 0.15) is 0 Å². The van der Waals surface area contributed by atoms with E-state index in [4.69, 9.17) is 4.52 Å². The second-order valence-corrected chi connectivity index (χ2v) is 7.95. The number of hydrogen-bond acceptors (Lipinski definition) is 6. The number of amides is 1. The maximum absolute atomic E-state index is 13.3. The number of carbonyl (C=O) groups excluding carboxylic acids is 1. The number of carbonyl (C=O) groups is 1. The van der Waals surface area contributed by atoms with Crippen LogP contribution in [0, 0.1) is 0 Å². The van der Waals surface area contributed by atoms with Crippen molar-refractivity contribution in [3.8, 4) is 11.4 Å². The van der Waals surface area contributed by atoms with E-state index in [1.54, 1.807) is 0 Å². The summed E-state index contributed by atoms with van der Waals surface area (Å²) in [6.07, 6.45) is -4.33. The standard InChI is InChI=1S/C23H24F3N5O2/c1-30-11-13-31(14-12-30)19-8-7-17(23(24,25)26)15-18(19)27-20(32)9-10-21-28-22(29-33-21)16-5-3-2-4-6-16/h2-8,15H,9-14H2,1H3,(H,27,32). The lowest BCUT2D eigenvalue weighted by atomic mass is 10.1. The van der Waals surface area contributed by atoms with Crippen molar-refractivity contribution in [1.82, 2.24) is 15.0 Å². The summed E-state index contributed by atoms with van der Waals surface area (Å²) in [6, 6.07) is 12.7. The topological polar surface area (TPSA) is 74.5 Å². The van der Waals surface area contributed by atoms with Gasteiger partial charge in [0.2, 0.25) is 17.6 Å². The fourth-order valence-electron chi connectivity index (χ4n) is 3.63. The van der Waals surface area contributed by atoms with Crippen LogP contribution in [0.15, 0.2) is 53.1 Å². The number of aryl methyl sites for hydroxylation is 1. The van der Waals surface area contributed by atoms with Crippen molar-refractivity contribution >= 4 is 17.3 Å². The Morgan fingerprint density at radius 1 is 1.09 bits per heavy atom. The van der Waals surface area contributed by atoms with Crippen molar-refractivity contribution in [2.45, 2.75) is 19.0 Å². The smallest absolute Gasteiger partial charge is 0.367 e. The van der Waals surface area contributed by atoms with Crippen LogP contribution in [0.2, 0.25) is 0 Å². The van der Waals surface area contributed by atoms with Crippen molar-refractivity contribution in [2.75, 3.05) is 43.4 Å². The monoisotopic (exact) mass is 459 g/mol. The van der Waals surface area contributed by atoms with Gasteiger partial charge in [0, 0.05) is 44.6 Å². The maximum Gasteiger partial charge on any atom is 0.416 e. The molecule has 1 aromatic heterocycles. The molecule has 0 spiro atoms. The molecular weight excluding hydrogens is 435 g/mol. The van der Waals surface area contributed by atoms with Crippen LogP contribution in [0.1, 0.15) is 17.9 Å². The molecule has 0 radical (unpaired) electrons. The zero-order chi connectivity index (χ0) is 23.4. The maximum atomic E-state index is 13.3. The molecule has 10 heteroatoms. The van der Waals surface area contributed by atoms with Gasteiger partial charge in [0.05, 0.1) is 16.9 Å². The third-order valence-corrected chi connectivity index (χ3v) is 5.51. The minimum absolute atomic E-state index is 0.00511. The first-order chi connectivity index (χ1) is 15.8. The van der Waals surface area contributed by atoms with Crippen molar-refractivity contribution in [3.63, 3.8) is 0 Å². The molecule has 0 saturated carbocycles. The van der Waals surface area contributed by atoms with Crippen LogP contribution in [-0.4, -0.2) is 54.2 Å². The van der Waals surface area contributed by atoms with Crippen LogP contribution in [0.3, 0.4) is 0 Å². The number of aromatic nitrogens is 2. The second kappa shape index (κ2) is 9.62. The van der Waals surface area contributed by atoms with Gasteiger partial charge in [-0.25, -0.2) is 0 Å². The van der Waals surface area contributed by atoms with Crippen LogP contribution >= 0.6 is 0 Å². The summed E-state index contributed by atoms with van der Waals surface area (Å²) in [4.78, 5) is 21.0. The molecule has 4 rings (SSSR count). The third kappa shape index (κ3) is 5.70. The van der Waals surface area contributed by atoms with E-state index < -0.39 is 17.6 Å². The number of nitrogens with one attached hydrogen (secondary N) is 1. The molecule has 0 bridgehead atoms. The lowest BCUT2D eigenvalue weighted by molar-refractivity contribution is -0.137. The fourth-order valence-corrected chi connectivity index (χ4v) is 3.63. The Morgan fingerprint density at radius 2 is 1.82 bits per heavy atom. The number of alkyl halides is 3. The molecule has 0 aliphatic carbocycles. The summed E-state index contributed by atoms with van der Waals surface area (Å²) in [6.45, 7) is 2.90. The van der Waals surface area contributed by atoms with Gasteiger partial charge in [-0.1, -0.05) is 35.5 Å². The molecule has 2 aromatic carbocycles. The van der Waals surface area contributed by atoms with E-state index in [2.05, 4.69) is 20.4 Å².